The maximum atomic E-state index is 13.2. The Hall–Kier alpha value is -3.90. The van der Waals surface area contributed by atoms with Crippen molar-refractivity contribution in [1.29, 1.82) is 0 Å². The van der Waals surface area contributed by atoms with E-state index >= 15 is 0 Å². The summed E-state index contributed by atoms with van der Waals surface area (Å²) in [4.78, 5) is 15.1. The van der Waals surface area contributed by atoms with Gasteiger partial charge in [-0.05, 0) is 59.9 Å². The first-order valence-electron chi connectivity index (χ1n) is 12.6. The second-order valence-electron chi connectivity index (χ2n) is 9.55. The van der Waals surface area contributed by atoms with Crippen LogP contribution in [-0.4, -0.2) is 33.0 Å². The average molecular weight is 505 g/mol. The molecule has 0 bridgehead atoms. The first-order valence-corrected chi connectivity index (χ1v) is 13.6. The second kappa shape index (κ2) is 9.87. The molecule has 0 spiro atoms. The van der Waals surface area contributed by atoms with E-state index in [1.54, 1.807) is 0 Å². The molecule has 6 heteroatoms. The summed E-state index contributed by atoms with van der Waals surface area (Å²) in [5.74, 6) is 1.27. The smallest absolute Gasteiger partial charge is 0.237 e. The average Bonchev–Trinajstić information content (AvgIpc) is 3.52. The Morgan fingerprint density at radius 2 is 1.70 bits per heavy atom. The van der Waals surface area contributed by atoms with Gasteiger partial charge >= 0.3 is 0 Å². The lowest BCUT2D eigenvalue weighted by atomic mass is 10.0. The summed E-state index contributed by atoms with van der Waals surface area (Å²) in [5.41, 5.74) is 6.88. The van der Waals surface area contributed by atoms with Crippen LogP contribution < -0.4 is 4.90 Å². The van der Waals surface area contributed by atoms with Crippen LogP contribution in [0.5, 0.6) is 0 Å². The molecular formula is C31H28N4OS. The third kappa shape index (κ3) is 4.53. The molecule has 1 aromatic heterocycles. The van der Waals surface area contributed by atoms with Gasteiger partial charge in [0.1, 0.15) is 5.82 Å². The molecular weight excluding hydrogens is 476 g/mol. The Bertz CT molecular complexity index is 1620. The molecule has 5 nitrogen and oxygen atoms in total. The summed E-state index contributed by atoms with van der Waals surface area (Å²) >= 11 is 1.46. The van der Waals surface area contributed by atoms with Gasteiger partial charge in [-0.25, -0.2) is 0 Å². The van der Waals surface area contributed by atoms with Crippen LogP contribution in [0.15, 0.2) is 90.1 Å². The minimum absolute atomic E-state index is 0.0979. The minimum Gasteiger partial charge on any atom is -0.311 e. The number of nitrogens with zero attached hydrogens (tertiary/aromatic N) is 4. The standard InChI is InChI=1S/C31H28N4OS/c1-21-14-15-27(22(2)18-21)35-29(19-25-11-7-10-23-8-3-5-12-26(23)25)32-33-31(35)37-20-30(36)34-17-16-24-9-4-6-13-28(24)34/h3-15,18H,16-17,19-20H2,1-2H3. The molecule has 1 aliphatic heterocycles. The Morgan fingerprint density at radius 3 is 2.59 bits per heavy atom. The van der Waals surface area contributed by atoms with Gasteiger partial charge in [0, 0.05) is 18.7 Å². The lowest BCUT2D eigenvalue weighted by Crippen LogP contribution is -2.30. The number of carbonyl (C=O) groups excluding carboxylic acids is 1. The Kier molecular flexibility index (Phi) is 6.26. The summed E-state index contributed by atoms with van der Waals surface area (Å²) < 4.78 is 2.13. The first kappa shape index (κ1) is 23.5. The number of aryl methyl sites for hydroxylation is 2. The molecule has 0 unspecified atom stereocenters. The summed E-state index contributed by atoms with van der Waals surface area (Å²) in [7, 11) is 0. The molecule has 0 atom stereocenters. The maximum Gasteiger partial charge on any atom is 0.237 e. The molecule has 0 fully saturated rings. The van der Waals surface area contributed by atoms with Gasteiger partial charge in [-0.3, -0.25) is 9.36 Å². The van der Waals surface area contributed by atoms with E-state index in [4.69, 9.17) is 0 Å². The van der Waals surface area contributed by atoms with E-state index < -0.39 is 0 Å². The van der Waals surface area contributed by atoms with Gasteiger partial charge in [0.2, 0.25) is 5.91 Å². The molecule has 1 aliphatic rings. The highest BCUT2D eigenvalue weighted by Crippen LogP contribution is 2.31. The van der Waals surface area contributed by atoms with Crippen molar-refractivity contribution in [1.82, 2.24) is 14.8 Å². The lowest BCUT2D eigenvalue weighted by Gasteiger charge is -2.17. The minimum atomic E-state index is 0.0979. The number of amides is 1. The molecule has 5 aromatic rings. The van der Waals surface area contributed by atoms with E-state index in [-0.39, 0.29) is 5.91 Å². The zero-order valence-corrected chi connectivity index (χ0v) is 21.8. The number of benzene rings is 4. The molecule has 6 rings (SSSR count). The first-order chi connectivity index (χ1) is 18.1. The summed E-state index contributed by atoms with van der Waals surface area (Å²) in [6.07, 6.45) is 1.55. The molecule has 0 N–H and O–H groups in total. The van der Waals surface area contributed by atoms with Crippen LogP contribution in [0, 0.1) is 13.8 Å². The van der Waals surface area contributed by atoms with Crippen LogP contribution in [-0.2, 0) is 17.6 Å². The van der Waals surface area contributed by atoms with Crippen LogP contribution in [0.4, 0.5) is 5.69 Å². The van der Waals surface area contributed by atoms with Crippen molar-refractivity contribution in [3.63, 3.8) is 0 Å². The van der Waals surface area contributed by atoms with E-state index in [2.05, 4.69) is 95.3 Å². The van der Waals surface area contributed by atoms with Crippen LogP contribution in [0.2, 0.25) is 0 Å². The van der Waals surface area contributed by atoms with Crippen LogP contribution in [0.3, 0.4) is 0 Å². The van der Waals surface area contributed by atoms with Crippen molar-refractivity contribution in [2.24, 2.45) is 0 Å². The summed E-state index contributed by atoms with van der Waals surface area (Å²) in [6.45, 7) is 4.95. The van der Waals surface area contributed by atoms with E-state index in [1.165, 1.54) is 39.2 Å². The molecule has 37 heavy (non-hydrogen) atoms. The fourth-order valence-corrected chi connectivity index (χ4v) is 6.06. The van der Waals surface area contributed by atoms with Crippen LogP contribution in [0.25, 0.3) is 16.5 Å². The quantitative estimate of drug-likeness (QED) is 0.254. The van der Waals surface area contributed by atoms with Crippen molar-refractivity contribution < 1.29 is 4.79 Å². The van der Waals surface area contributed by atoms with Gasteiger partial charge in [-0.1, -0.05) is 90.1 Å². The predicted octanol–water partition coefficient (Wildman–Crippen LogP) is 6.31. The lowest BCUT2D eigenvalue weighted by molar-refractivity contribution is -0.116. The molecule has 4 aromatic carbocycles. The Labute approximate surface area is 221 Å². The van der Waals surface area contributed by atoms with Gasteiger partial charge in [-0.2, -0.15) is 0 Å². The third-order valence-electron chi connectivity index (χ3n) is 7.04. The largest absolute Gasteiger partial charge is 0.311 e. The second-order valence-corrected chi connectivity index (χ2v) is 10.5. The molecule has 0 radical (unpaired) electrons. The van der Waals surface area contributed by atoms with Gasteiger partial charge < -0.3 is 4.90 Å². The summed E-state index contributed by atoms with van der Waals surface area (Å²) in [6, 6.07) is 29.4. The monoisotopic (exact) mass is 504 g/mol. The van der Waals surface area contributed by atoms with Gasteiger partial charge in [0.25, 0.3) is 0 Å². The zero-order chi connectivity index (χ0) is 25.4. The number of para-hydroxylation sites is 1. The number of rotatable bonds is 6. The van der Waals surface area contributed by atoms with Gasteiger partial charge in [0.15, 0.2) is 5.16 Å². The van der Waals surface area contributed by atoms with Crippen LogP contribution >= 0.6 is 11.8 Å². The molecule has 2 heterocycles. The van der Waals surface area contributed by atoms with E-state index in [1.807, 2.05) is 23.1 Å². The van der Waals surface area contributed by atoms with Crippen molar-refractivity contribution in [2.75, 3.05) is 17.2 Å². The highest BCUT2D eigenvalue weighted by molar-refractivity contribution is 7.99. The molecule has 0 saturated heterocycles. The molecule has 184 valence electrons. The molecule has 1 amide bonds. The fraction of sp³-hybridized carbons (Fsp3) is 0.194. The van der Waals surface area contributed by atoms with Crippen LogP contribution in [0.1, 0.15) is 28.1 Å². The van der Waals surface area contributed by atoms with E-state index in [9.17, 15) is 4.79 Å². The highest BCUT2D eigenvalue weighted by Gasteiger charge is 2.25. The number of carbonyl (C=O) groups is 1. The van der Waals surface area contributed by atoms with Crippen molar-refractivity contribution in [3.8, 4) is 5.69 Å². The van der Waals surface area contributed by atoms with Gasteiger partial charge in [0.05, 0.1) is 11.4 Å². The van der Waals surface area contributed by atoms with E-state index in [0.29, 0.717) is 12.2 Å². The molecule has 0 saturated carbocycles. The Morgan fingerprint density at radius 1 is 0.892 bits per heavy atom. The number of anilines is 1. The number of fused-ring (bicyclic) bond motifs is 2. The van der Waals surface area contributed by atoms with Crippen molar-refractivity contribution in [3.05, 3.63) is 113 Å². The number of aromatic nitrogens is 3. The third-order valence-corrected chi connectivity index (χ3v) is 7.95. The zero-order valence-electron chi connectivity index (χ0n) is 21.0. The SMILES string of the molecule is Cc1ccc(-n2c(Cc3cccc4ccccc34)nnc2SCC(=O)N2CCc3ccccc32)c(C)c1. The predicted molar refractivity (Wildman–Crippen MR) is 151 cm³/mol. The van der Waals surface area contributed by atoms with Crippen molar-refractivity contribution in [2.45, 2.75) is 31.8 Å². The van der Waals surface area contributed by atoms with E-state index in [0.717, 1.165) is 40.9 Å². The van der Waals surface area contributed by atoms with Crippen molar-refractivity contribution >= 4 is 34.1 Å². The van der Waals surface area contributed by atoms with Gasteiger partial charge in [-0.15, -0.1) is 10.2 Å². The topological polar surface area (TPSA) is 51.0 Å². The Balaban J connectivity index is 1.33. The summed E-state index contributed by atoms with van der Waals surface area (Å²) in [5, 5.41) is 12.4. The maximum absolute atomic E-state index is 13.2. The number of hydrogen-bond acceptors (Lipinski definition) is 4. The highest BCUT2D eigenvalue weighted by atomic mass is 32.2. The fourth-order valence-electron chi connectivity index (χ4n) is 5.23. The normalized spacial score (nSPS) is 12.8. The number of hydrogen-bond donors (Lipinski definition) is 0. The molecule has 0 aliphatic carbocycles. The number of thioether (sulfide) groups is 1.